The maximum Gasteiger partial charge on any atom is 0.289 e. The van der Waals surface area contributed by atoms with Gasteiger partial charge in [0.05, 0.1) is 0 Å². The van der Waals surface area contributed by atoms with Gasteiger partial charge in [0.25, 0.3) is 5.91 Å². The molecule has 1 aromatic heterocycles. The second-order valence-electron chi connectivity index (χ2n) is 7.09. The largest absolute Gasteiger partial charge is 0.451 e. The van der Waals surface area contributed by atoms with E-state index in [0.717, 1.165) is 43.7 Å². The second kappa shape index (κ2) is 6.95. The summed E-state index contributed by atoms with van der Waals surface area (Å²) in [6.45, 7) is 9.38. The number of fused-ring (bicyclic) bond motifs is 1. The van der Waals surface area contributed by atoms with Gasteiger partial charge in [0, 0.05) is 57.8 Å². The smallest absolute Gasteiger partial charge is 0.289 e. The van der Waals surface area contributed by atoms with E-state index in [9.17, 15) is 4.79 Å². The Morgan fingerprint density at radius 1 is 1.25 bits per heavy atom. The number of rotatable bonds is 4. The molecule has 130 valence electrons. The number of carbonyl (C=O) groups is 1. The highest BCUT2D eigenvalue weighted by Crippen LogP contribution is 2.29. The van der Waals surface area contributed by atoms with Crippen molar-refractivity contribution < 1.29 is 9.21 Å². The lowest BCUT2D eigenvalue weighted by Gasteiger charge is -2.27. The van der Waals surface area contributed by atoms with Gasteiger partial charge >= 0.3 is 0 Å². The Morgan fingerprint density at radius 2 is 1.96 bits per heavy atom. The molecule has 3 rings (SSSR count). The van der Waals surface area contributed by atoms with E-state index in [2.05, 4.69) is 36.2 Å². The van der Waals surface area contributed by atoms with Crippen molar-refractivity contribution in [2.45, 2.75) is 26.3 Å². The van der Waals surface area contributed by atoms with E-state index in [-0.39, 0.29) is 5.91 Å². The minimum absolute atomic E-state index is 0.0922. The lowest BCUT2D eigenvalue weighted by atomic mass is 9.98. The number of piperazine rings is 1. The summed E-state index contributed by atoms with van der Waals surface area (Å²) in [6.07, 6.45) is 0. The molecule has 0 aliphatic carbocycles. The number of benzene rings is 1. The molecule has 0 atom stereocenters. The monoisotopic (exact) mass is 329 g/mol. The van der Waals surface area contributed by atoms with Gasteiger partial charge in [-0.1, -0.05) is 19.9 Å². The molecule has 24 heavy (non-hydrogen) atoms. The van der Waals surface area contributed by atoms with E-state index in [1.807, 2.05) is 6.07 Å². The fourth-order valence-corrected chi connectivity index (χ4v) is 3.14. The van der Waals surface area contributed by atoms with Crippen molar-refractivity contribution in [3.63, 3.8) is 0 Å². The van der Waals surface area contributed by atoms with E-state index < -0.39 is 0 Å². The Bertz CT molecular complexity index is 728. The van der Waals surface area contributed by atoms with Gasteiger partial charge in [-0.2, -0.15) is 0 Å². The van der Waals surface area contributed by atoms with Crippen LogP contribution in [0.2, 0.25) is 0 Å². The summed E-state index contributed by atoms with van der Waals surface area (Å²) in [6, 6.07) is 6.27. The molecule has 0 spiro atoms. The third kappa shape index (κ3) is 3.47. The Balaban J connectivity index is 2.01. The molecule has 5 nitrogen and oxygen atoms in total. The van der Waals surface area contributed by atoms with Gasteiger partial charge in [-0.3, -0.25) is 9.69 Å². The molecule has 2 heterocycles. The van der Waals surface area contributed by atoms with Crippen LogP contribution in [0.1, 0.15) is 41.4 Å². The fourth-order valence-electron chi connectivity index (χ4n) is 3.14. The lowest BCUT2D eigenvalue weighted by molar-refractivity contribution is 0.0799. The first-order valence-electron chi connectivity index (χ1n) is 8.67. The Kier molecular flexibility index (Phi) is 4.92. The molecule has 1 saturated heterocycles. The number of furan rings is 1. The van der Waals surface area contributed by atoms with Gasteiger partial charge < -0.3 is 14.6 Å². The number of nitrogens with zero attached hydrogens (tertiary/aromatic N) is 2. The van der Waals surface area contributed by atoms with Crippen LogP contribution in [0.5, 0.6) is 0 Å². The van der Waals surface area contributed by atoms with Gasteiger partial charge in [-0.05, 0) is 23.6 Å². The minimum Gasteiger partial charge on any atom is -0.451 e. The van der Waals surface area contributed by atoms with Crippen LogP contribution in [0, 0.1) is 0 Å². The van der Waals surface area contributed by atoms with Gasteiger partial charge in [0.1, 0.15) is 5.58 Å². The zero-order chi connectivity index (χ0) is 17.3. The van der Waals surface area contributed by atoms with E-state index in [0.29, 0.717) is 11.7 Å². The molecular formula is C19H27N3O2. The molecule has 1 aliphatic heterocycles. The molecule has 1 aromatic carbocycles. The predicted molar refractivity (Wildman–Crippen MR) is 96.5 cm³/mol. The van der Waals surface area contributed by atoms with E-state index in [1.165, 1.54) is 11.1 Å². The van der Waals surface area contributed by atoms with Crippen molar-refractivity contribution >= 4 is 16.9 Å². The highest BCUT2D eigenvalue weighted by atomic mass is 16.3. The summed E-state index contributed by atoms with van der Waals surface area (Å²) in [5.41, 5.74) is 3.32. The summed E-state index contributed by atoms with van der Waals surface area (Å²) in [5.74, 6) is 0.766. The number of hydrogen-bond acceptors (Lipinski definition) is 4. The number of carbonyl (C=O) groups excluding carboxylic acids is 1. The standard InChI is InChI=1S/C19H27N3O2/c1-13(2)14-9-15-11-17(19(23)21(3)4)24-18(15)16(10-14)12-22-7-5-20-6-8-22/h9-11,13,20H,5-8,12H2,1-4H3. The summed E-state index contributed by atoms with van der Waals surface area (Å²) >= 11 is 0. The fraction of sp³-hybridized carbons (Fsp3) is 0.526. The average Bonchev–Trinajstić information content (AvgIpc) is 2.99. The first-order chi connectivity index (χ1) is 11.5. The summed E-state index contributed by atoms with van der Waals surface area (Å²) in [5, 5.41) is 4.41. The molecule has 0 radical (unpaired) electrons. The molecule has 1 N–H and O–H groups in total. The maximum atomic E-state index is 12.2. The predicted octanol–water partition coefficient (Wildman–Crippen LogP) is 2.66. The summed E-state index contributed by atoms with van der Waals surface area (Å²) in [7, 11) is 3.49. The Labute approximate surface area is 143 Å². The highest BCUT2D eigenvalue weighted by molar-refractivity contribution is 5.96. The minimum atomic E-state index is -0.0922. The summed E-state index contributed by atoms with van der Waals surface area (Å²) in [4.78, 5) is 16.2. The van der Waals surface area contributed by atoms with Crippen molar-refractivity contribution in [2.75, 3.05) is 40.3 Å². The van der Waals surface area contributed by atoms with Crippen LogP contribution in [0.4, 0.5) is 0 Å². The van der Waals surface area contributed by atoms with E-state index >= 15 is 0 Å². The van der Waals surface area contributed by atoms with Crippen LogP contribution < -0.4 is 5.32 Å². The van der Waals surface area contributed by atoms with Crippen molar-refractivity contribution in [3.8, 4) is 0 Å². The van der Waals surface area contributed by atoms with Gasteiger partial charge in [-0.25, -0.2) is 0 Å². The molecule has 0 saturated carbocycles. The summed E-state index contributed by atoms with van der Waals surface area (Å²) < 4.78 is 5.97. The zero-order valence-electron chi connectivity index (χ0n) is 15.1. The van der Waals surface area contributed by atoms with Crippen molar-refractivity contribution in [2.24, 2.45) is 0 Å². The average molecular weight is 329 g/mol. The molecule has 1 aliphatic rings. The highest BCUT2D eigenvalue weighted by Gasteiger charge is 2.19. The second-order valence-corrected chi connectivity index (χ2v) is 7.09. The Hall–Kier alpha value is -1.85. The van der Waals surface area contributed by atoms with Crippen LogP contribution >= 0.6 is 0 Å². The molecule has 0 unspecified atom stereocenters. The molecular weight excluding hydrogens is 302 g/mol. The van der Waals surface area contributed by atoms with E-state index in [4.69, 9.17) is 4.42 Å². The first kappa shape index (κ1) is 17.0. The molecule has 0 bridgehead atoms. The third-order valence-electron chi connectivity index (χ3n) is 4.60. The van der Waals surface area contributed by atoms with Gasteiger partial charge in [0.2, 0.25) is 0 Å². The normalized spacial score (nSPS) is 16.0. The SMILES string of the molecule is CC(C)c1cc(CN2CCNCC2)c2oc(C(=O)N(C)C)cc2c1. The first-order valence-corrected chi connectivity index (χ1v) is 8.67. The third-order valence-corrected chi connectivity index (χ3v) is 4.60. The Morgan fingerprint density at radius 3 is 2.58 bits per heavy atom. The van der Waals surface area contributed by atoms with Crippen LogP contribution in [0.25, 0.3) is 11.0 Å². The van der Waals surface area contributed by atoms with Crippen LogP contribution in [-0.4, -0.2) is 56.0 Å². The van der Waals surface area contributed by atoms with Gasteiger partial charge in [0.15, 0.2) is 5.76 Å². The quantitative estimate of drug-likeness (QED) is 0.937. The zero-order valence-corrected chi connectivity index (χ0v) is 15.1. The van der Waals surface area contributed by atoms with E-state index in [1.54, 1.807) is 19.0 Å². The molecule has 5 heteroatoms. The van der Waals surface area contributed by atoms with Crippen molar-refractivity contribution in [1.29, 1.82) is 0 Å². The van der Waals surface area contributed by atoms with Crippen molar-refractivity contribution in [1.82, 2.24) is 15.1 Å². The number of nitrogens with one attached hydrogen (secondary N) is 1. The van der Waals surface area contributed by atoms with Crippen LogP contribution in [-0.2, 0) is 6.54 Å². The lowest BCUT2D eigenvalue weighted by Crippen LogP contribution is -2.42. The number of amides is 1. The number of hydrogen-bond donors (Lipinski definition) is 1. The van der Waals surface area contributed by atoms with Crippen LogP contribution in [0.15, 0.2) is 22.6 Å². The maximum absolute atomic E-state index is 12.2. The topological polar surface area (TPSA) is 48.7 Å². The van der Waals surface area contributed by atoms with Gasteiger partial charge in [-0.15, -0.1) is 0 Å². The molecule has 1 amide bonds. The molecule has 2 aromatic rings. The molecule has 1 fully saturated rings. The van der Waals surface area contributed by atoms with Crippen molar-refractivity contribution in [3.05, 3.63) is 35.1 Å². The van der Waals surface area contributed by atoms with Crippen LogP contribution in [0.3, 0.4) is 0 Å².